The minimum Gasteiger partial charge on any atom is -0.494 e. The van der Waals surface area contributed by atoms with E-state index in [1.807, 2.05) is 26.0 Å². The number of rotatable bonds is 3. The average Bonchev–Trinajstić information content (AvgIpc) is 2.17. The van der Waals surface area contributed by atoms with E-state index in [0.717, 1.165) is 11.1 Å². The Morgan fingerprint density at radius 2 is 2.06 bits per heavy atom. The van der Waals surface area contributed by atoms with Crippen LogP contribution in [0.3, 0.4) is 0 Å². The molecule has 0 aromatic heterocycles. The fourth-order valence-corrected chi connectivity index (χ4v) is 1.60. The number of benzene rings is 1. The summed E-state index contributed by atoms with van der Waals surface area (Å²) in [5, 5.41) is 2.66. The van der Waals surface area contributed by atoms with Crippen molar-refractivity contribution in [2.24, 2.45) is 0 Å². The highest BCUT2D eigenvalue weighted by Crippen LogP contribution is 2.29. The maximum Gasteiger partial charge on any atom is 0.411 e. The molecule has 1 aromatic rings. The summed E-state index contributed by atoms with van der Waals surface area (Å²) in [6.45, 7) is 6.00. The maximum atomic E-state index is 11.3. The van der Waals surface area contributed by atoms with Crippen LogP contribution in [0.15, 0.2) is 12.1 Å². The largest absolute Gasteiger partial charge is 0.494 e. The van der Waals surface area contributed by atoms with Gasteiger partial charge in [-0.15, -0.1) is 0 Å². The van der Waals surface area contributed by atoms with Crippen LogP contribution in [0.5, 0.6) is 5.75 Å². The van der Waals surface area contributed by atoms with E-state index in [2.05, 4.69) is 5.32 Å². The third-order valence-electron chi connectivity index (χ3n) is 2.14. The molecule has 0 spiro atoms. The van der Waals surface area contributed by atoms with E-state index in [4.69, 9.17) is 9.47 Å². The average molecular weight is 223 g/mol. The molecular formula is C12H17NO3. The molecule has 88 valence electrons. The highest BCUT2D eigenvalue weighted by atomic mass is 16.5. The fraction of sp³-hybridized carbons (Fsp3) is 0.417. The van der Waals surface area contributed by atoms with Crippen molar-refractivity contribution in [1.82, 2.24) is 0 Å². The summed E-state index contributed by atoms with van der Waals surface area (Å²) >= 11 is 0. The zero-order valence-corrected chi connectivity index (χ0v) is 10.1. The summed E-state index contributed by atoms with van der Waals surface area (Å²) in [5.74, 6) is 0.665. The van der Waals surface area contributed by atoms with Gasteiger partial charge in [-0.3, -0.25) is 5.32 Å². The summed E-state index contributed by atoms with van der Waals surface area (Å²) in [5.41, 5.74) is 2.68. The van der Waals surface area contributed by atoms with Crippen molar-refractivity contribution in [3.63, 3.8) is 0 Å². The number of hydrogen-bond acceptors (Lipinski definition) is 3. The molecule has 0 radical (unpaired) electrons. The number of amides is 1. The molecule has 0 bridgehead atoms. The first kappa shape index (κ1) is 12.4. The smallest absolute Gasteiger partial charge is 0.411 e. The summed E-state index contributed by atoms with van der Waals surface area (Å²) < 4.78 is 10.1. The highest BCUT2D eigenvalue weighted by Gasteiger charge is 2.10. The van der Waals surface area contributed by atoms with Crippen molar-refractivity contribution in [2.75, 3.05) is 19.0 Å². The van der Waals surface area contributed by atoms with E-state index in [-0.39, 0.29) is 0 Å². The molecule has 0 aliphatic heterocycles. The third kappa shape index (κ3) is 2.89. The van der Waals surface area contributed by atoms with Crippen LogP contribution in [0, 0.1) is 13.8 Å². The molecule has 4 heteroatoms. The van der Waals surface area contributed by atoms with Gasteiger partial charge in [0.15, 0.2) is 0 Å². The van der Waals surface area contributed by atoms with E-state index in [1.54, 1.807) is 14.0 Å². The lowest BCUT2D eigenvalue weighted by Gasteiger charge is -2.13. The van der Waals surface area contributed by atoms with Gasteiger partial charge in [-0.25, -0.2) is 4.79 Å². The molecule has 0 aliphatic rings. The number of hydrogen-bond donors (Lipinski definition) is 1. The molecule has 1 aromatic carbocycles. The van der Waals surface area contributed by atoms with Crippen LogP contribution < -0.4 is 10.1 Å². The Balaban J connectivity index is 2.97. The van der Waals surface area contributed by atoms with E-state index >= 15 is 0 Å². The second-order valence-corrected chi connectivity index (χ2v) is 3.51. The minimum atomic E-state index is -0.467. The monoisotopic (exact) mass is 223 g/mol. The molecule has 1 N–H and O–H groups in total. The van der Waals surface area contributed by atoms with Crippen molar-refractivity contribution in [1.29, 1.82) is 0 Å². The number of anilines is 1. The van der Waals surface area contributed by atoms with Crippen molar-refractivity contribution in [2.45, 2.75) is 20.8 Å². The molecule has 1 amide bonds. The van der Waals surface area contributed by atoms with Crippen LogP contribution in [-0.2, 0) is 4.74 Å². The van der Waals surface area contributed by atoms with Gasteiger partial charge in [-0.2, -0.15) is 0 Å². The normalized spacial score (nSPS) is 9.75. The third-order valence-corrected chi connectivity index (χ3v) is 2.14. The van der Waals surface area contributed by atoms with Crippen molar-refractivity contribution in [3.8, 4) is 5.75 Å². The predicted molar refractivity (Wildman–Crippen MR) is 63.1 cm³/mol. The summed E-state index contributed by atoms with van der Waals surface area (Å²) in [4.78, 5) is 11.3. The van der Waals surface area contributed by atoms with Crippen molar-refractivity contribution >= 4 is 11.8 Å². The number of carbonyl (C=O) groups excluding carboxylic acids is 1. The molecule has 1 rings (SSSR count). The van der Waals surface area contributed by atoms with Gasteiger partial charge in [-0.1, -0.05) is 6.07 Å². The van der Waals surface area contributed by atoms with Gasteiger partial charge in [-0.05, 0) is 38.0 Å². The lowest BCUT2D eigenvalue weighted by molar-refractivity contribution is 0.168. The van der Waals surface area contributed by atoms with Gasteiger partial charge in [0.25, 0.3) is 0 Å². The molecule has 0 saturated carbocycles. The Bertz CT molecular complexity index is 388. The zero-order chi connectivity index (χ0) is 12.1. The highest BCUT2D eigenvalue weighted by molar-refractivity contribution is 5.87. The Kier molecular flexibility index (Phi) is 4.17. The quantitative estimate of drug-likeness (QED) is 0.857. The van der Waals surface area contributed by atoms with Crippen LogP contribution in [0.25, 0.3) is 0 Å². The van der Waals surface area contributed by atoms with E-state index < -0.39 is 6.09 Å². The number of ether oxygens (including phenoxy) is 2. The Hall–Kier alpha value is -1.71. The van der Waals surface area contributed by atoms with Gasteiger partial charge >= 0.3 is 6.09 Å². The van der Waals surface area contributed by atoms with Crippen molar-refractivity contribution in [3.05, 3.63) is 23.3 Å². The molecule has 0 heterocycles. The van der Waals surface area contributed by atoms with Gasteiger partial charge in [0.2, 0.25) is 0 Å². The number of methoxy groups -OCH3 is 1. The number of aryl methyl sites for hydroxylation is 2. The van der Waals surface area contributed by atoms with Crippen LogP contribution in [0.4, 0.5) is 10.5 Å². The molecular weight excluding hydrogens is 206 g/mol. The molecule has 0 aliphatic carbocycles. The first-order chi connectivity index (χ1) is 7.58. The van der Waals surface area contributed by atoms with E-state index in [9.17, 15) is 4.79 Å². The summed E-state index contributed by atoms with van der Waals surface area (Å²) in [6, 6.07) is 3.85. The fourth-order valence-electron chi connectivity index (χ4n) is 1.60. The van der Waals surface area contributed by atoms with Gasteiger partial charge in [0.05, 0.1) is 19.4 Å². The standard InChI is InChI=1S/C12H17NO3/c1-5-16-12(14)13-10-7-8(2)6-9(3)11(10)15-4/h6-7H,5H2,1-4H3,(H,13,14). The molecule has 0 unspecified atom stereocenters. The SMILES string of the molecule is CCOC(=O)Nc1cc(C)cc(C)c1OC. The molecule has 4 nitrogen and oxygen atoms in total. The summed E-state index contributed by atoms with van der Waals surface area (Å²) in [6.07, 6.45) is -0.467. The van der Waals surface area contributed by atoms with Gasteiger partial charge < -0.3 is 9.47 Å². The Labute approximate surface area is 95.6 Å². The topological polar surface area (TPSA) is 47.6 Å². The number of nitrogens with one attached hydrogen (secondary N) is 1. The zero-order valence-electron chi connectivity index (χ0n) is 10.1. The first-order valence-corrected chi connectivity index (χ1v) is 5.17. The predicted octanol–water partition coefficient (Wildman–Crippen LogP) is 2.88. The molecule has 16 heavy (non-hydrogen) atoms. The lowest BCUT2D eigenvalue weighted by atomic mass is 10.1. The Morgan fingerprint density at radius 1 is 1.38 bits per heavy atom. The van der Waals surface area contributed by atoms with Crippen LogP contribution in [0.2, 0.25) is 0 Å². The number of carbonyl (C=O) groups is 1. The van der Waals surface area contributed by atoms with Crippen LogP contribution in [-0.4, -0.2) is 19.8 Å². The molecule has 0 fully saturated rings. The second kappa shape index (κ2) is 5.39. The summed E-state index contributed by atoms with van der Waals surface area (Å²) in [7, 11) is 1.58. The van der Waals surface area contributed by atoms with E-state index in [0.29, 0.717) is 18.0 Å². The van der Waals surface area contributed by atoms with Gasteiger partial charge in [0, 0.05) is 0 Å². The van der Waals surface area contributed by atoms with Crippen LogP contribution in [0.1, 0.15) is 18.1 Å². The Morgan fingerprint density at radius 3 is 2.62 bits per heavy atom. The molecule has 0 atom stereocenters. The van der Waals surface area contributed by atoms with Gasteiger partial charge in [0.1, 0.15) is 5.75 Å². The molecule has 0 saturated heterocycles. The van der Waals surface area contributed by atoms with E-state index in [1.165, 1.54) is 0 Å². The minimum absolute atomic E-state index is 0.346. The van der Waals surface area contributed by atoms with Crippen molar-refractivity contribution < 1.29 is 14.3 Å². The second-order valence-electron chi connectivity index (χ2n) is 3.51. The van der Waals surface area contributed by atoms with Crippen LogP contribution >= 0.6 is 0 Å². The first-order valence-electron chi connectivity index (χ1n) is 5.17. The lowest BCUT2D eigenvalue weighted by Crippen LogP contribution is -2.14. The maximum absolute atomic E-state index is 11.3.